The second kappa shape index (κ2) is 6.28. The Morgan fingerprint density at radius 1 is 1.30 bits per heavy atom. The first kappa shape index (κ1) is 14.2. The van der Waals surface area contributed by atoms with Crippen LogP contribution in [0.3, 0.4) is 0 Å². The number of pyridine rings is 1. The van der Waals surface area contributed by atoms with Crippen molar-refractivity contribution in [2.75, 3.05) is 11.9 Å². The van der Waals surface area contributed by atoms with Crippen molar-refractivity contribution in [1.29, 1.82) is 0 Å². The number of carbonyl (C=O) groups excluding carboxylic acids is 1. The van der Waals surface area contributed by atoms with Crippen molar-refractivity contribution in [3.63, 3.8) is 0 Å². The monoisotopic (exact) mass is 272 g/mol. The van der Waals surface area contributed by atoms with Crippen LogP contribution in [-0.4, -0.2) is 17.3 Å². The predicted molar refractivity (Wildman–Crippen MR) is 77.6 cm³/mol. The normalized spacial score (nSPS) is 10.3. The summed E-state index contributed by atoms with van der Waals surface area (Å²) in [6.45, 7) is 3.93. The zero-order chi connectivity index (χ0) is 14.5. The van der Waals surface area contributed by atoms with E-state index >= 15 is 0 Å². The van der Waals surface area contributed by atoms with Crippen LogP contribution in [0.25, 0.3) is 0 Å². The van der Waals surface area contributed by atoms with Gasteiger partial charge in [-0.3, -0.25) is 9.78 Å². The van der Waals surface area contributed by atoms with E-state index in [-0.39, 0.29) is 11.3 Å². The van der Waals surface area contributed by atoms with Crippen LogP contribution in [0.2, 0.25) is 0 Å². The number of nitrogens with one attached hydrogen (secondary N) is 1. The highest BCUT2D eigenvalue weighted by molar-refractivity contribution is 5.99. The number of hydrogen-bond acceptors (Lipinski definition) is 3. The topological polar surface area (TPSA) is 42.0 Å². The average molecular weight is 272 g/mol. The molecule has 1 heterocycles. The largest absolute Gasteiger partial charge is 0.384 e. The van der Waals surface area contributed by atoms with Gasteiger partial charge in [0.1, 0.15) is 5.82 Å². The highest BCUT2D eigenvalue weighted by atomic mass is 19.1. The number of nitrogens with zero attached hydrogens (tertiary/aromatic N) is 1. The highest BCUT2D eigenvalue weighted by Gasteiger charge is 2.12. The van der Waals surface area contributed by atoms with Crippen molar-refractivity contribution in [2.45, 2.75) is 20.3 Å². The summed E-state index contributed by atoms with van der Waals surface area (Å²) in [5, 5.41) is 3.11. The number of halogens is 1. The van der Waals surface area contributed by atoms with Crippen LogP contribution in [0.4, 0.5) is 10.1 Å². The van der Waals surface area contributed by atoms with E-state index in [4.69, 9.17) is 0 Å². The van der Waals surface area contributed by atoms with Gasteiger partial charge in [0.05, 0.1) is 5.56 Å². The van der Waals surface area contributed by atoms with Gasteiger partial charge in [-0.05, 0) is 44.0 Å². The molecule has 0 bridgehead atoms. The molecule has 0 spiro atoms. The molecule has 1 N–H and O–H groups in total. The van der Waals surface area contributed by atoms with Crippen LogP contribution in [0.5, 0.6) is 0 Å². The molecule has 1 aromatic heterocycles. The van der Waals surface area contributed by atoms with E-state index in [1.807, 2.05) is 25.3 Å². The van der Waals surface area contributed by atoms with E-state index in [0.717, 1.165) is 17.7 Å². The summed E-state index contributed by atoms with van der Waals surface area (Å²) in [6, 6.07) is 8.58. The molecule has 0 aliphatic rings. The fourth-order valence-electron chi connectivity index (χ4n) is 2.02. The lowest BCUT2D eigenvalue weighted by Gasteiger charge is -2.11. The van der Waals surface area contributed by atoms with E-state index in [1.165, 1.54) is 13.0 Å². The smallest absolute Gasteiger partial charge is 0.164 e. The van der Waals surface area contributed by atoms with Crippen molar-refractivity contribution in [1.82, 2.24) is 4.98 Å². The van der Waals surface area contributed by atoms with Gasteiger partial charge in [-0.2, -0.15) is 0 Å². The van der Waals surface area contributed by atoms with E-state index in [9.17, 15) is 9.18 Å². The standard InChI is InChI=1S/C16H17FN2O/c1-11-6-7-13(10-19-11)8-9-18-15-5-3-4-14(17)16(15)12(2)20/h3-7,10,18H,8-9H2,1-2H3. The van der Waals surface area contributed by atoms with E-state index < -0.39 is 5.82 Å². The van der Waals surface area contributed by atoms with Crippen LogP contribution in [0, 0.1) is 12.7 Å². The Labute approximate surface area is 117 Å². The zero-order valence-corrected chi connectivity index (χ0v) is 11.6. The van der Waals surface area contributed by atoms with Gasteiger partial charge in [-0.25, -0.2) is 4.39 Å². The minimum absolute atomic E-state index is 0.120. The summed E-state index contributed by atoms with van der Waals surface area (Å²) in [7, 11) is 0. The lowest BCUT2D eigenvalue weighted by atomic mass is 10.1. The Balaban J connectivity index is 2.02. The maximum atomic E-state index is 13.6. The van der Waals surface area contributed by atoms with E-state index in [2.05, 4.69) is 10.3 Å². The Hall–Kier alpha value is -2.23. The van der Waals surface area contributed by atoms with Crippen LogP contribution in [0.15, 0.2) is 36.5 Å². The molecule has 0 fully saturated rings. The Morgan fingerprint density at radius 2 is 2.10 bits per heavy atom. The number of carbonyl (C=O) groups is 1. The molecule has 1 aromatic carbocycles. The molecule has 4 heteroatoms. The molecule has 20 heavy (non-hydrogen) atoms. The van der Waals surface area contributed by atoms with Gasteiger partial charge >= 0.3 is 0 Å². The summed E-state index contributed by atoms with van der Waals surface area (Å²) in [5.41, 5.74) is 2.74. The number of anilines is 1. The van der Waals surface area contributed by atoms with Gasteiger partial charge in [0, 0.05) is 24.1 Å². The number of rotatable bonds is 5. The van der Waals surface area contributed by atoms with Crippen LogP contribution in [0.1, 0.15) is 28.5 Å². The molecule has 3 nitrogen and oxygen atoms in total. The van der Waals surface area contributed by atoms with Crippen molar-refractivity contribution < 1.29 is 9.18 Å². The minimum Gasteiger partial charge on any atom is -0.384 e. The zero-order valence-electron chi connectivity index (χ0n) is 11.6. The molecule has 0 saturated heterocycles. The molecule has 0 aliphatic carbocycles. The molecule has 0 unspecified atom stereocenters. The van der Waals surface area contributed by atoms with Crippen LogP contribution < -0.4 is 5.32 Å². The Bertz CT molecular complexity index is 608. The summed E-state index contributed by atoms with van der Waals surface area (Å²) in [5.74, 6) is -0.762. The Kier molecular flexibility index (Phi) is 4.45. The van der Waals surface area contributed by atoms with Gasteiger partial charge in [-0.15, -0.1) is 0 Å². The third kappa shape index (κ3) is 3.41. The molecule has 0 saturated carbocycles. The molecular weight excluding hydrogens is 255 g/mol. The first-order valence-electron chi connectivity index (χ1n) is 6.53. The summed E-state index contributed by atoms with van der Waals surface area (Å²) in [4.78, 5) is 15.7. The van der Waals surface area contributed by atoms with Gasteiger partial charge < -0.3 is 5.32 Å². The molecule has 0 atom stereocenters. The van der Waals surface area contributed by atoms with Gasteiger partial charge in [0.15, 0.2) is 5.78 Å². The third-order valence-electron chi connectivity index (χ3n) is 3.07. The summed E-state index contributed by atoms with van der Waals surface area (Å²) in [6.07, 6.45) is 2.59. The first-order valence-corrected chi connectivity index (χ1v) is 6.53. The number of benzene rings is 1. The van der Waals surface area contributed by atoms with Crippen molar-refractivity contribution in [2.24, 2.45) is 0 Å². The maximum absolute atomic E-state index is 13.6. The fourth-order valence-corrected chi connectivity index (χ4v) is 2.02. The number of aromatic nitrogens is 1. The van der Waals surface area contributed by atoms with E-state index in [0.29, 0.717) is 12.2 Å². The van der Waals surface area contributed by atoms with Crippen molar-refractivity contribution in [3.05, 3.63) is 59.2 Å². The lowest BCUT2D eigenvalue weighted by Crippen LogP contribution is -2.10. The van der Waals surface area contributed by atoms with Gasteiger partial charge in [-0.1, -0.05) is 12.1 Å². The number of Topliss-reactive ketones (excluding diaryl/α,β-unsaturated/α-hetero) is 1. The molecule has 0 aliphatic heterocycles. The molecule has 104 valence electrons. The summed E-state index contributed by atoms with van der Waals surface area (Å²) >= 11 is 0. The number of ketones is 1. The Morgan fingerprint density at radius 3 is 2.75 bits per heavy atom. The van der Waals surface area contributed by atoms with Gasteiger partial charge in [0.25, 0.3) is 0 Å². The first-order chi connectivity index (χ1) is 9.58. The highest BCUT2D eigenvalue weighted by Crippen LogP contribution is 2.19. The van der Waals surface area contributed by atoms with E-state index in [1.54, 1.807) is 12.1 Å². The fraction of sp³-hybridized carbons (Fsp3) is 0.250. The number of hydrogen-bond donors (Lipinski definition) is 1. The van der Waals surface area contributed by atoms with Crippen molar-refractivity contribution >= 4 is 11.5 Å². The third-order valence-corrected chi connectivity index (χ3v) is 3.07. The van der Waals surface area contributed by atoms with Crippen LogP contribution >= 0.6 is 0 Å². The van der Waals surface area contributed by atoms with Crippen molar-refractivity contribution in [3.8, 4) is 0 Å². The SMILES string of the molecule is CC(=O)c1c(F)cccc1NCCc1ccc(C)nc1. The molecule has 0 amide bonds. The number of aryl methyl sites for hydroxylation is 1. The molecular formula is C16H17FN2O. The second-order valence-corrected chi connectivity index (χ2v) is 4.70. The van der Waals surface area contributed by atoms with Crippen LogP contribution in [-0.2, 0) is 6.42 Å². The molecule has 2 aromatic rings. The summed E-state index contributed by atoms with van der Waals surface area (Å²) < 4.78 is 13.6. The quantitative estimate of drug-likeness (QED) is 0.848. The second-order valence-electron chi connectivity index (χ2n) is 4.70. The predicted octanol–water partition coefficient (Wildman–Crippen LogP) is 3.39. The molecule has 0 radical (unpaired) electrons. The maximum Gasteiger partial charge on any atom is 0.164 e. The average Bonchev–Trinajstić information content (AvgIpc) is 2.40. The van der Waals surface area contributed by atoms with Gasteiger partial charge in [0.2, 0.25) is 0 Å². The molecule has 2 rings (SSSR count). The minimum atomic E-state index is -0.487. The lowest BCUT2D eigenvalue weighted by molar-refractivity contribution is 0.101.